The van der Waals surface area contributed by atoms with Crippen molar-refractivity contribution in [1.82, 2.24) is 4.90 Å². The van der Waals surface area contributed by atoms with Gasteiger partial charge in [0.2, 0.25) is 0 Å². The lowest BCUT2D eigenvalue weighted by Crippen LogP contribution is -2.38. The monoisotopic (exact) mass is 295 g/mol. The van der Waals surface area contributed by atoms with Crippen LogP contribution in [0.15, 0.2) is 9.59 Å². The summed E-state index contributed by atoms with van der Waals surface area (Å²) in [5, 5.41) is 2.98. The summed E-state index contributed by atoms with van der Waals surface area (Å²) in [4.78, 5) is 24.7. The first kappa shape index (κ1) is 17.7. The molecule has 0 atom stereocenters. The molecule has 0 aliphatic rings. The highest BCUT2D eigenvalue weighted by Crippen LogP contribution is 2.09. The first-order chi connectivity index (χ1) is 9.99. The van der Waals surface area contributed by atoms with Crippen LogP contribution in [0.1, 0.15) is 52.9 Å². The Kier molecular flexibility index (Phi) is 7.43. The van der Waals surface area contributed by atoms with E-state index in [0.29, 0.717) is 18.3 Å². The number of hydrogen-bond donors (Lipinski definition) is 2. The van der Waals surface area contributed by atoms with Crippen LogP contribution >= 0.6 is 0 Å². The lowest BCUT2D eigenvalue weighted by Gasteiger charge is -2.26. The zero-order valence-electron chi connectivity index (χ0n) is 13.6. The minimum atomic E-state index is -0.558. The predicted molar refractivity (Wildman–Crippen MR) is 89.7 cm³/mol. The minimum Gasteiger partial charge on any atom is -0.394 e. The minimum absolute atomic E-state index is 0.0836. The predicted octanol–water partition coefficient (Wildman–Crippen LogP) is 1.96. The van der Waals surface area contributed by atoms with Gasteiger partial charge in [0.05, 0.1) is 0 Å². The van der Waals surface area contributed by atoms with Crippen molar-refractivity contribution in [3.63, 3.8) is 0 Å². The van der Waals surface area contributed by atoms with E-state index in [4.69, 9.17) is 5.73 Å². The van der Waals surface area contributed by atoms with Crippen LogP contribution in [0.2, 0.25) is 0 Å². The van der Waals surface area contributed by atoms with Crippen LogP contribution < -0.4 is 21.9 Å². The number of nitrogen functional groups attached to an aromatic ring is 1. The van der Waals surface area contributed by atoms with Gasteiger partial charge < -0.3 is 16.0 Å². The topological polar surface area (TPSA) is 75.4 Å². The van der Waals surface area contributed by atoms with Crippen LogP contribution in [0.4, 0.5) is 11.4 Å². The highest BCUT2D eigenvalue weighted by molar-refractivity contribution is 5.71. The van der Waals surface area contributed by atoms with Crippen molar-refractivity contribution in [2.45, 2.75) is 58.9 Å². The van der Waals surface area contributed by atoms with Gasteiger partial charge in [-0.2, -0.15) is 0 Å². The maximum absolute atomic E-state index is 11.3. The van der Waals surface area contributed by atoms with Crippen molar-refractivity contribution >= 4 is 11.4 Å². The van der Waals surface area contributed by atoms with Gasteiger partial charge in [0.25, 0.3) is 10.9 Å². The Morgan fingerprint density at radius 2 is 1.71 bits per heavy atom. The molecule has 0 radical (unpaired) electrons. The third-order valence-electron chi connectivity index (χ3n) is 3.90. The molecule has 1 aromatic rings. The maximum Gasteiger partial charge on any atom is 0.253 e. The average molecular weight is 295 g/mol. The second-order valence-corrected chi connectivity index (χ2v) is 5.92. The summed E-state index contributed by atoms with van der Waals surface area (Å²) in [5.74, 6) is 0. The molecule has 0 aromatic heterocycles. The van der Waals surface area contributed by atoms with Gasteiger partial charge >= 0.3 is 0 Å². The molecule has 21 heavy (non-hydrogen) atoms. The fraction of sp³-hybridized carbons (Fsp3) is 0.750. The van der Waals surface area contributed by atoms with Crippen LogP contribution in [0.3, 0.4) is 0 Å². The summed E-state index contributed by atoms with van der Waals surface area (Å²) in [6.45, 7) is 9.43. The summed E-state index contributed by atoms with van der Waals surface area (Å²) in [6.07, 6.45) is 6.03. The van der Waals surface area contributed by atoms with Gasteiger partial charge in [0, 0.05) is 19.1 Å². The van der Waals surface area contributed by atoms with Crippen molar-refractivity contribution in [2.24, 2.45) is 0 Å². The van der Waals surface area contributed by atoms with E-state index in [-0.39, 0.29) is 5.69 Å². The van der Waals surface area contributed by atoms with Crippen molar-refractivity contribution in [1.29, 1.82) is 0 Å². The van der Waals surface area contributed by atoms with Crippen molar-refractivity contribution in [2.75, 3.05) is 30.7 Å². The Labute approximate surface area is 127 Å². The Hall–Kier alpha value is -1.36. The molecule has 0 aliphatic carbocycles. The van der Waals surface area contributed by atoms with Gasteiger partial charge in [-0.05, 0) is 33.2 Å². The number of hydrogen-bond acceptors (Lipinski definition) is 5. The summed E-state index contributed by atoms with van der Waals surface area (Å²) < 4.78 is 0. The summed E-state index contributed by atoms with van der Waals surface area (Å²) in [6, 6.07) is 0.530. The first-order valence-corrected chi connectivity index (χ1v) is 8.05. The SMILES string of the molecule is CCCCCCN(CCCNc1c(N)c(=O)c1=O)C(C)C. The lowest BCUT2D eigenvalue weighted by molar-refractivity contribution is 0.216. The molecule has 0 spiro atoms. The molecule has 5 nitrogen and oxygen atoms in total. The quantitative estimate of drug-likeness (QED) is 0.482. The van der Waals surface area contributed by atoms with Crippen molar-refractivity contribution in [3.8, 4) is 0 Å². The number of nitrogens with zero attached hydrogens (tertiary/aromatic N) is 1. The van der Waals surface area contributed by atoms with Crippen molar-refractivity contribution < 1.29 is 0 Å². The largest absolute Gasteiger partial charge is 0.394 e. The molecule has 0 saturated heterocycles. The fourth-order valence-corrected chi connectivity index (χ4v) is 2.45. The lowest BCUT2D eigenvalue weighted by atomic mass is 10.1. The molecule has 0 heterocycles. The molecule has 0 fully saturated rings. The number of nitrogens with one attached hydrogen (secondary N) is 1. The molecule has 0 aliphatic heterocycles. The average Bonchev–Trinajstić information content (AvgIpc) is 2.47. The smallest absolute Gasteiger partial charge is 0.253 e. The number of anilines is 2. The molecule has 1 rings (SSSR count). The van der Waals surface area contributed by atoms with Gasteiger partial charge in [-0.15, -0.1) is 0 Å². The Balaban J connectivity index is 2.24. The van der Waals surface area contributed by atoms with Crippen LogP contribution in [0, 0.1) is 0 Å². The summed E-state index contributed by atoms with van der Waals surface area (Å²) in [7, 11) is 0. The van der Waals surface area contributed by atoms with E-state index in [9.17, 15) is 9.59 Å². The maximum atomic E-state index is 11.3. The van der Waals surface area contributed by atoms with Crippen molar-refractivity contribution in [3.05, 3.63) is 20.4 Å². The molecule has 0 amide bonds. The molecular weight excluding hydrogens is 266 g/mol. The van der Waals surface area contributed by atoms with E-state index in [0.717, 1.165) is 19.5 Å². The van der Waals surface area contributed by atoms with Gasteiger partial charge in [-0.1, -0.05) is 26.2 Å². The Morgan fingerprint density at radius 1 is 1.05 bits per heavy atom. The molecule has 0 bridgehead atoms. The van der Waals surface area contributed by atoms with E-state index in [1.807, 2.05) is 0 Å². The third kappa shape index (κ3) is 5.16. The van der Waals surface area contributed by atoms with E-state index in [2.05, 4.69) is 31.0 Å². The van der Waals surface area contributed by atoms with Gasteiger partial charge in [-0.25, -0.2) is 0 Å². The fourth-order valence-electron chi connectivity index (χ4n) is 2.45. The van der Waals surface area contributed by atoms with Crippen LogP contribution in [-0.2, 0) is 0 Å². The molecule has 0 unspecified atom stereocenters. The molecule has 0 saturated carbocycles. The third-order valence-corrected chi connectivity index (χ3v) is 3.90. The summed E-state index contributed by atoms with van der Waals surface area (Å²) in [5.41, 5.74) is 4.83. The Morgan fingerprint density at radius 3 is 2.29 bits per heavy atom. The standard InChI is InChI=1S/C16H29N3O2/c1-4-5-6-7-10-19(12(2)3)11-8-9-18-14-13(17)15(20)16(14)21/h12,18H,4-11,17H2,1-3H3. The van der Waals surface area contributed by atoms with E-state index in [1.165, 1.54) is 25.7 Å². The van der Waals surface area contributed by atoms with Crippen LogP contribution in [0.5, 0.6) is 0 Å². The second-order valence-electron chi connectivity index (χ2n) is 5.92. The number of rotatable bonds is 11. The molecular formula is C16H29N3O2. The van der Waals surface area contributed by atoms with E-state index < -0.39 is 10.9 Å². The normalized spacial score (nSPS) is 11.7. The zero-order valence-corrected chi connectivity index (χ0v) is 13.6. The summed E-state index contributed by atoms with van der Waals surface area (Å²) >= 11 is 0. The van der Waals surface area contributed by atoms with Gasteiger partial charge in [0.1, 0.15) is 11.4 Å². The molecule has 3 N–H and O–H groups in total. The van der Waals surface area contributed by atoms with E-state index >= 15 is 0 Å². The van der Waals surface area contributed by atoms with Gasteiger partial charge in [0.15, 0.2) is 0 Å². The van der Waals surface area contributed by atoms with E-state index in [1.54, 1.807) is 0 Å². The Bertz CT molecular complexity index is 490. The highest BCUT2D eigenvalue weighted by atomic mass is 16.2. The van der Waals surface area contributed by atoms with Crippen LogP contribution in [-0.4, -0.2) is 30.6 Å². The highest BCUT2D eigenvalue weighted by Gasteiger charge is 2.17. The molecule has 120 valence electrons. The number of unbranched alkanes of at least 4 members (excludes halogenated alkanes) is 3. The molecule has 1 aromatic carbocycles. The van der Waals surface area contributed by atoms with Gasteiger partial charge in [-0.3, -0.25) is 9.59 Å². The zero-order chi connectivity index (χ0) is 15.8. The first-order valence-electron chi connectivity index (χ1n) is 8.05. The van der Waals surface area contributed by atoms with Crippen LogP contribution in [0.25, 0.3) is 0 Å². The molecule has 5 heteroatoms. The number of nitrogens with two attached hydrogens (primary N) is 1. The second kappa shape index (κ2) is 8.82.